The van der Waals surface area contributed by atoms with Crippen LogP contribution < -0.4 is 9.64 Å². The number of ether oxygens (including phenoxy) is 2. The predicted molar refractivity (Wildman–Crippen MR) is 68.9 cm³/mol. The van der Waals surface area contributed by atoms with Crippen molar-refractivity contribution >= 4 is 11.7 Å². The summed E-state index contributed by atoms with van der Waals surface area (Å²) in [5, 5.41) is 9.97. The summed E-state index contributed by atoms with van der Waals surface area (Å²) < 4.78 is 9.62. The van der Waals surface area contributed by atoms with Crippen LogP contribution in [0.5, 0.6) is 5.75 Å². The van der Waals surface area contributed by atoms with E-state index in [2.05, 4.69) is 4.74 Å². The van der Waals surface area contributed by atoms with Gasteiger partial charge in [0, 0.05) is 12.7 Å². The minimum Gasteiger partial charge on any atom is -0.497 e. The molecule has 0 aliphatic heterocycles. The number of likely N-dealkylation sites (N-methyl/N-ethyl adjacent to an activating group) is 1. The number of nitrogens with zero attached hydrogens (tertiary/aromatic N) is 1. The first-order valence-corrected chi connectivity index (χ1v) is 5.56. The summed E-state index contributed by atoms with van der Waals surface area (Å²) in [7, 11) is 4.64. The SMILES string of the molecule is COC(=O)C(C)(O)CN(C)c1ccc(OC)cc1. The zero-order valence-electron chi connectivity index (χ0n) is 11.1. The van der Waals surface area contributed by atoms with Gasteiger partial charge in [-0.15, -0.1) is 0 Å². The van der Waals surface area contributed by atoms with E-state index in [1.807, 2.05) is 24.3 Å². The molecule has 0 amide bonds. The van der Waals surface area contributed by atoms with Gasteiger partial charge in [-0.05, 0) is 31.2 Å². The zero-order chi connectivity index (χ0) is 13.8. The highest BCUT2D eigenvalue weighted by Gasteiger charge is 2.32. The van der Waals surface area contributed by atoms with E-state index >= 15 is 0 Å². The van der Waals surface area contributed by atoms with E-state index in [0.717, 1.165) is 11.4 Å². The van der Waals surface area contributed by atoms with Crippen LogP contribution in [0, 0.1) is 0 Å². The highest BCUT2D eigenvalue weighted by molar-refractivity contribution is 5.79. The molecule has 1 N–H and O–H groups in total. The van der Waals surface area contributed by atoms with Crippen LogP contribution in [0.2, 0.25) is 0 Å². The fourth-order valence-electron chi connectivity index (χ4n) is 1.67. The summed E-state index contributed by atoms with van der Waals surface area (Å²) in [6, 6.07) is 7.34. The molecule has 1 atom stereocenters. The lowest BCUT2D eigenvalue weighted by molar-refractivity contribution is -0.159. The average molecular weight is 253 g/mol. The van der Waals surface area contributed by atoms with Crippen molar-refractivity contribution in [1.29, 1.82) is 0 Å². The number of anilines is 1. The van der Waals surface area contributed by atoms with Gasteiger partial charge in [-0.25, -0.2) is 4.79 Å². The quantitative estimate of drug-likeness (QED) is 0.795. The third-order valence-electron chi connectivity index (χ3n) is 2.68. The lowest BCUT2D eigenvalue weighted by Gasteiger charge is -2.28. The zero-order valence-corrected chi connectivity index (χ0v) is 11.1. The topological polar surface area (TPSA) is 59.0 Å². The van der Waals surface area contributed by atoms with Gasteiger partial charge in [0.2, 0.25) is 0 Å². The number of methoxy groups -OCH3 is 2. The average Bonchev–Trinajstić information content (AvgIpc) is 2.37. The Kier molecular flexibility index (Phi) is 4.55. The van der Waals surface area contributed by atoms with Crippen LogP contribution in [0.3, 0.4) is 0 Å². The van der Waals surface area contributed by atoms with Crippen molar-refractivity contribution in [3.8, 4) is 5.75 Å². The summed E-state index contributed by atoms with van der Waals surface area (Å²) in [4.78, 5) is 13.2. The van der Waals surface area contributed by atoms with E-state index < -0.39 is 11.6 Å². The minimum atomic E-state index is -1.54. The first-order chi connectivity index (χ1) is 8.40. The number of rotatable bonds is 5. The maximum absolute atomic E-state index is 11.4. The van der Waals surface area contributed by atoms with E-state index in [1.54, 1.807) is 19.1 Å². The van der Waals surface area contributed by atoms with Gasteiger partial charge in [-0.2, -0.15) is 0 Å². The molecule has 0 saturated carbocycles. The second-order valence-electron chi connectivity index (χ2n) is 4.32. The first-order valence-electron chi connectivity index (χ1n) is 5.56. The predicted octanol–water partition coefficient (Wildman–Crippen LogP) is 1.06. The van der Waals surface area contributed by atoms with E-state index in [9.17, 15) is 9.90 Å². The minimum absolute atomic E-state index is 0.145. The van der Waals surface area contributed by atoms with Crippen LogP contribution in [-0.2, 0) is 9.53 Å². The highest BCUT2D eigenvalue weighted by atomic mass is 16.5. The van der Waals surface area contributed by atoms with Gasteiger partial charge in [0.25, 0.3) is 0 Å². The fraction of sp³-hybridized carbons (Fsp3) is 0.462. The number of carbonyl (C=O) groups excluding carboxylic acids is 1. The molecule has 100 valence electrons. The Balaban J connectivity index is 2.75. The third-order valence-corrected chi connectivity index (χ3v) is 2.68. The Bertz CT molecular complexity index is 400. The summed E-state index contributed by atoms with van der Waals surface area (Å²) >= 11 is 0. The number of benzene rings is 1. The van der Waals surface area contributed by atoms with E-state index in [0.29, 0.717) is 0 Å². The molecule has 0 saturated heterocycles. The van der Waals surface area contributed by atoms with Crippen molar-refractivity contribution in [2.45, 2.75) is 12.5 Å². The fourth-order valence-corrected chi connectivity index (χ4v) is 1.67. The Morgan fingerprint density at radius 1 is 1.33 bits per heavy atom. The number of hydrogen-bond acceptors (Lipinski definition) is 5. The van der Waals surface area contributed by atoms with Gasteiger partial charge in [-0.1, -0.05) is 0 Å². The molecule has 1 aromatic rings. The Morgan fingerprint density at radius 2 is 1.89 bits per heavy atom. The molecule has 5 heteroatoms. The number of aliphatic hydroxyl groups is 1. The molecule has 0 fully saturated rings. The number of carbonyl (C=O) groups is 1. The molecule has 0 radical (unpaired) electrons. The van der Waals surface area contributed by atoms with E-state index in [1.165, 1.54) is 14.0 Å². The molecular weight excluding hydrogens is 234 g/mol. The second-order valence-corrected chi connectivity index (χ2v) is 4.32. The van der Waals surface area contributed by atoms with Crippen LogP contribution in [0.15, 0.2) is 24.3 Å². The van der Waals surface area contributed by atoms with Crippen molar-refractivity contribution in [2.75, 3.05) is 32.7 Å². The van der Waals surface area contributed by atoms with Gasteiger partial charge in [0.1, 0.15) is 5.75 Å². The van der Waals surface area contributed by atoms with Crippen molar-refractivity contribution in [2.24, 2.45) is 0 Å². The molecule has 1 unspecified atom stereocenters. The third kappa shape index (κ3) is 3.37. The van der Waals surface area contributed by atoms with Crippen LogP contribution in [0.25, 0.3) is 0 Å². The molecule has 5 nitrogen and oxygen atoms in total. The normalized spacial score (nSPS) is 13.6. The maximum Gasteiger partial charge on any atom is 0.339 e. The molecule has 0 spiro atoms. The lowest BCUT2D eigenvalue weighted by atomic mass is 10.1. The molecule has 0 aromatic heterocycles. The van der Waals surface area contributed by atoms with Gasteiger partial charge in [0.15, 0.2) is 5.60 Å². The Morgan fingerprint density at radius 3 is 2.33 bits per heavy atom. The Hall–Kier alpha value is -1.75. The largest absolute Gasteiger partial charge is 0.497 e. The van der Waals surface area contributed by atoms with Gasteiger partial charge < -0.3 is 19.5 Å². The summed E-state index contributed by atoms with van der Waals surface area (Å²) in [5.74, 6) is 0.106. The van der Waals surface area contributed by atoms with Crippen LogP contribution >= 0.6 is 0 Å². The van der Waals surface area contributed by atoms with Crippen LogP contribution in [-0.4, -0.2) is 44.5 Å². The molecule has 0 heterocycles. The standard InChI is InChI=1S/C13H19NO4/c1-13(16,12(15)18-4)9-14(2)10-5-7-11(17-3)8-6-10/h5-8,16H,9H2,1-4H3. The van der Waals surface area contributed by atoms with Crippen molar-refractivity contribution in [3.05, 3.63) is 24.3 Å². The summed E-state index contributed by atoms with van der Waals surface area (Å²) in [6.45, 7) is 1.57. The van der Waals surface area contributed by atoms with E-state index in [4.69, 9.17) is 4.74 Å². The van der Waals surface area contributed by atoms with Gasteiger partial charge in [0.05, 0.1) is 20.8 Å². The molecule has 18 heavy (non-hydrogen) atoms. The van der Waals surface area contributed by atoms with E-state index in [-0.39, 0.29) is 6.54 Å². The monoisotopic (exact) mass is 253 g/mol. The van der Waals surface area contributed by atoms with Gasteiger partial charge in [-0.3, -0.25) is 0 Å². The molecule has 1 aromatic carbocycles. The molecule has 1 rings (SSSR count). The van der Waals surface area contributed by atoms with Crippen molar-refractivity contribution < 1.29 is 19.4 Å². The number of esters is 1. The maximum atomic E-state index is 11.4. The first kappa shape index (κ1) is 14.3. The molecule has 0 aliphatic rings. The second kappa shape index (κ2) is 5.73. The highest BCUT2D eigenvalue weighted by Crippen LogP contribution is 2.20. The lowest BCUT2D eigenvalue weighted by Crippen LogP contribution is -2.46. The van der Waals surface area contributed by atoms with Gasteiger partial charge >= 0.3 is 5.97 Å². The van der Waals surface area contributed by atoms with Crippen LogP contribution in [0.1, 0.15) is 6.92 Å². The Labute approximate surface area is 107 Å². The van der Waals surface area contributed by atoms with Crippen molar-refractivity contribution in [1.82, 2.24) is 0 Å². The van der Waals surface area contributed by atoms with Crippen LogP contribution in [0.4, 0.5) is 5.69 Å². The summed E-state index contributed by atoms with van der Waals surface area (Å²) in [5.41, 5.74) is -0.663. The molecule has 0 aliphatic carbocycles. The smallest absolute Gasteiger partial charge is 0.339 e. The molecular formula is C13H19NO4. The number of hydrogen-bond donors (Lipinski definition) is 1. The van der Waals surface area contributed by atoms with Crippen molar-refractivity contribution in [3.63, 3.8) is 0 Å². The summed E-state index contributed by atoms with van der Waals surface area (Å²) in [6.07, 6.45) is 0. The molecule has 0 bridgehead atoms.